The smallest absolute Gasteiger partial charge is 0.338 e. The second-order valence-corrected chi connectivity index (χ2v) is 10.2. The quantitative estimate of drug-likeness (QED) is 0.550. The molecule has 2 aromatic carbocycles. The van der Waals surface area contributed by atoms with Gasteiger partial charge in [-0.3, -0.25) is 14.2 Å². The number of hydrogen-bond donors (Lipinski definition) is 1. The number of carbonyl (C=O) groups is 2. The molecule has 0 saturated carbocycles. The Morgan fingerprint density at radius 3 is 2.54 bits per heavy atom. The molecule has 1 aromatic heterocycles. The summed E-state index contributed by atoms with van der Waals surface area (Å²) in [6.07, 6.45) is -0.345. The van der Waals surface area contributed by atoms with Crippen molar-refractivity contribution >= 4 is 46.1 Å². The third-order valence-electron chi connectivity index (χ3n) is 5.89. The molecule has 3 aromatic rings. The fraction of sp³-hybridized carbons (Fsp3) is 0.231. The van der Waals surface area contributed by atoms with E-state index >= 15 is 0 Å². The SMILES string of the molecule is CC1=C(C(=O)OC(C)C)[C@@H](c2ccc(Cl)cc2)n2c(s/c(=C3\C(=O)Nc4ccc(C)cc43)c2=O)=N1. The number of nitrogens with zero attached hydrogens (tertiary/aromatic N) is 2. The molecule has 0 saturated heterocycles. The fourth-order valence-electron chi connectivity index (χ4n) is 4.38. The lowest BCUT2D eigenvalue weighted by Gasteiger charge is -2.25. The molecule has 1 amide bonds. The molecule has 5 rings (SSSR count). The number of aryl methyl sites for hydroxylation is 1. The number of nitrogens with one attached hydrogen (secondary N) is 1. The van der Waals surface area contributed by atoms with Gasteiger partial charge in [0.2, 0.25) is 0 Å². The topological polar surface area (TPSA) is 89.8 Å². The van der Waals surface area contributed by atoms with E-state index in [9.17, 15) is 14.4 Å². The first-order valence-electron chi connectivity index (χ1n) is 11.1. The lowest BCUT2D eigenvalue weighted by Crippen LogP contribution is -2.40. The highest BCUT2D eigenvalue weighted by molar-refractivity contribution is 7.07. The van der Waals surface area contributed by atoms with Crippen LogP contribution >= 0.6 is 22.9 Å². The maximum Gasteiger partial charge on any atom is 0.338 e. The number of thiazole rings is 1. The minimum atomic E-state index is -0.773. The summed E-state index contributed by atoms with van der Waals surface area (Å²) in [6, 6.07) is 11.8. The minimum Gasteiger partial charge on any atom is -0.459 e. The van der Waals surface area contributed by atoms with E-state index in [1.165, 1.54) is 4.57 Å². The molecule has 0 unspecified atom stereocenters. The molecular formula is C26H22ClN3O4S. The number of halogens is 1. The second kappa shape index (κ2) is 8.62. The summed E-state index contributed by atoms with van der Waals surface area (Å²) >= 11 is 7.25. The van der Waals surface area contributed by atoms with Crippen molar-refractivity contribution in [3.8, 4) is 0 Å². The van der Waals surface area contributed by atoms with Crippen molar-refractivity contribution in [2.24, 2.45) is 4.99 Å². The number of ether oxygens (including phenoxy) is 1. The van der Waals surface area contributed by atoms with Gasteiger partial charge in [0.15, 0.2) is 4.80 Å². The first kappa shape index (κ1) is 23.3. The van der Waals surface area contributed by atoms with Crippen molar-refractivity contribution in [3.05, 3.63) is 95.1 Å². The zero-order chi connectivity index (χ0) is 25.0. The lowest BCUT2D eigenvalue weighted by molar-refractivity contribution is -0.143. The van der Waals surface area contributed by atoms with E-state index in [1.54, 1.807) is 45.0 Å². The third-order valence-corrected chi connectivity index (χ3v) is 7.20. The molecule has 0 fully saturated rings. The van der Waals surface area contributed by atoms with E-state index in [-0.39, 0.29) is 22.1 Å². The Bertz CT molecular complexity index is 1610. The van der Waals surface area contributed by atoms with E-state index in [4.69, 9.17) is 16.3 Å². The number of fused-ring (bicyclic) bond motifs is 2. The maximum absolute atomic E-state index is 13.9. The summed E-state index contributed by atoms with van der Waals surface area (Å²) in [5.41, 5.74) is 3.65. The molecular weight excluding hydrogens is 486 g/mol. The molecule has 1 atom stereocenters. The molecule has 0 aliphatic carbocycles. The van der Waals surface area contributed by atoms with Gasteiger partial charge in [-0.15, -0.1) is 0 Å². The Morgan fingerprint density at radius 1 is 1.14 bits per heavy atom. The Kier molecular flexibility index (Phi) is 5.73. The summed E-state index contributed by atoms with van der Waals surface area (Å²) in [6.45, 7) is 7.18. The number of anilines is 1. The van der Waals surface area contributed by atoms with Gasteiger partial charge in [-0.25, -0.2) is 9.79 Å². The van der Waals surface area contributed by atoms with Gasteiger partial charge >= 0.3 is 5.97 Å². The largest absolute Gasteiger partial charge is 0.459 e. The van der Waals surface area contributed by atoms with Crippen LogP contribution in [0.3, 0.4) is 0 Å². The van der Waals surface area contributed by atoms with Gasteiger partial charge in [-0.2, -0.15) is 0 Å². The second-order valence-electron chi connectivity index (χ2n) is 8.79. The summed E-state index contributed by atoms with van der Waals surface area (Å²) in [5.74, 6) is -0.882. The molecule has 2 aliphatic rings. The molecule has 35 heavy (non-hydrogen) atoms. The van der Waals surface area contributed by atoms with Gasteiger partial charge in [0.25, 0.3) is 11.5 Å². The number of carbonyl (C=O) groups excluding carboxylic acids is 2. The first-order chi connectivity index (χ1) is 16.7. The molecule has 2 aliphatic heterocycles. The predicted molar refractivity (Wildman–Crippen MR) is 135 cm³/mol. The van der Waals surface area contributed by atoms with Crippen LogP contribution in [0.25, 0.3) is 5.57 Å². The lowest BCUT2D eigenvalue weighted by atomic mass is 9.96. The van der Waals surface area contributed by atoms with Gasteiger partial charge in [-0.1, -0.05) is 46.7 Å². The zero-order valence-corrected chi connectivity index (χ0v) is 21.1. The summed E-state index contributed by atoms with van der Waals surface area (Å²) in [5, 5.41) is 3.37. The summed E-state index contributed by atoms with van der Waals surface area (Å²) < 4.78 is 7.26. The Hall–Kier alpha value is -3.49. The third kappa shape index (κ3) is 3.92. The van der Waals surface area contributed by atoms with Crippen molar-refractivity contribution in [3.63, 3.8) is 0 Å². The highest BCUT2D eigenvalue weighted by Gasteiger charge is 2.35. The summed E-state index contributed by atoms with van der Waals surface area (Å²) in [4.78, 5) is 45.0. The predicted octanol–water partition coefficient (Wildman–Crippen LogP) is 3.47. The van der Waals surface area contributed by atoms with Crippen LogP contribution in [0.15, 0.2) is 63.5 Å². The molecule has 3 heterocycles. The molecule has 0 spiro atoms. The highest BCUT2D eigenvalue weighted by Crippen LogP contribution is 2.33. The van der Waals surface area contributed by atoms with Crippen LogP contribution < -0.4 is 20.2 Å². The number of rotatable bonds is 3. The maximum atomic E-state index is 13.9. The van der Waals surface area contributed by atoms with E-state index in [0.717, 1.165) is 16.9 Å². The van der Waals surface area contributed by atoms with Gasteiger partial charge in [0, 0.05) is 16.3 Å². The molecule has 0 bridgehead atoms. The number of amides is 1. The highest BCUT2D eigenvalue weighted by atomic mass is 35.5. The molecule has 178 valence electrons. The Labute approximate surface area is 210 Å². The fourth-order valence-corrected chi connectivity index (χ4v) is 5.65. The minimum absolute atomic E-state index is 0.274. The van der Waals surface area contributed by atoms with E-state index in [2.05, 4.69) is 10.3 Å². The number of aromatic nitrogens is 1. The van der Waals surface area contributed by atoms with Crippen LogP contribution in [-0.4, -0.2) is 22.5 Å². The number of esters is 1. The number of allylic oxidation sites excluding steroid dienone is 1. The van der Waals surface area contributed by atoms with E-state index in [0.29, 0.717) is 37.9 Å². The van der Waals surface area contributed by atoms with Crippen LogP contribution in [0.5, 0.6) is 0 Å². The Morgan fingerprint density at radius 2 is 1.86 bits per heavy atom. The van der Waals surface area contributed by atoms with Crippen LogP contribution in [0, 0.1) is 6.92 Å². The van der Waals surface area contributed by atoms with Gasteiger partial charge in [0.1, 0.15) is 4.53 Å². The van der Waals surface area contributed by atoms with E-state index < -0.39 is 17.6 Å². The van der Waals surface area contributed by atoms with E-state index in [1.807, 2.05) is 25.1 Å². The van der Waals surface area contributed by atoms with Gasteiger partial charge in [0.05, 0.1) is 29.0 Å². The van der Waals surface area contributed by atoms with Crippen LogP contribution in [0.2, 0.25) is 5.02 Å². The molecule has 1 N–H and O–H groups in total. The monoisotopic (exact) mass is 507 g/mol. The molecule has 7 nitrogen and oxygen atoms in total. The molecule has 9 heteroatoms. The van der Waals surface area contributed by atoms with Crippen molar-refractivity contribution < 1.29 is 14.3 Å². The van der Waals surface area contributed by atoms with Crippen LogP contribution in [-0.2, 0) is 14.3 Å². The zero-order valence-electron chi connectivity index (χ0n) is 19.5. The normalized spacial score (nSPS) is 18.2. The van der Waals surface area contributed by atoms with Crippen molar-refractivity contribution in [1.29, 1.82) is 0 Å². The van der Waals surface area contributed by atoms with Crippen LogP contribution in [0.1, 0.15) is 43.5 Å². The van der Waals surface area contributed by atoms with Crippen LogP contribution in [0.4, 0.5) is 5.69 Å². The van der Waals surface area contributed by atoms with Crippen molar-refractivity contribution in [2.45, 2.75) is 39.8 Å². The standard InChI is InChI=1S/C26H22ClN3O4S/c1-12(2)34-25(33)19-14(4)28-26-30(21(19)15-6-8-16(27)9-7-15)24(32)22(35-26)20-17-11-13(3)5-10-18(17)29-23(20)31/h5-12,21H,1-4H3,(H,29,31)/b22-20-/t21-/m1/s1. The molecule has 0 radical (unpaired) electrons. The van der Waals surface area contributed by atoms with Gasteiger partial charge in [-0.05, 0) is 57.5 Å². The average Bonchev–Trinajstić information content (AvgIpc) is 3.27. The number of hydrogen-bond acceptors (Lipinski definition) is 6. The average molecular weight is 508 g/mol. The first-order valence-corrected chi connectivity index (χ1v) is 12.3. The number of benzene rings is 2. The summed E-state index contributed by atoms with van der Waals surface area (Å²) in [7, 11) is 0. The van der Waals surface area contributed by atoms with Gasteiger partial charge < -0.3 is 10.1 Å². The van der Waals surface area contributed by atoms with Crippen molar-refractivity contribution in [1.82, 2.24) is 4.57 Å². The van der Waals surface area contributed by atoms with Crippen molar-refractivity contribution in [2.75, 3.05) is 5.32 Å². The Balaban J connectivity index is 1.81.